The van der Waals surface area contributed by atoms with Crippen molar-refractivity contribution in [2.24, 2.45) is 0 Å². The van der Waals surface area contributed by atoms with Crippen LogP contribution in [-0.4, -0.2) is 23.4 Å². The summed E-state index contributed by atoms with van der Waals surface area (Å²) in [4.78, 5) is 0. The highest BCUT2D eigenvalue weighted by Crippen LogP contribution is 1.83. The number of hydrogen-bond acceptors (Lipinski definition) is 2. The highest BCUT2D eigenvalue weighted by Gasteiger charge is 1.74. The molecule has 0 aliphatic rings. The molecular weight excluding hydrogens is 248 g/mol. The van der Waals surface area contributed by atoms with Gasteiger partial charge in [0.1, 0.15) is 13.2 Å². The Morgan fingerprint density at radius 1 is 0.400 bits per heavy atom. The summed E-state index contributed by atoms with van der Waals surface area (Å²) in [6, 6.07) is 0. The van der Waals surface area contributed by atoms with Crippen LogP contribution < -0.4 is 0 Å². The molecule has 0 rings (SSSR count). The van der Waals surface area contributed by atoms with Gasteiger partial charge in [0.05, 0.1) is 0 Å². The highest BCUT2D eigenvalue weighted by atomic mass is 16.3. The smallest absolute Gasteiger partial charge is 0.105 e. The van der Waals surface area contributed by atoms with Crippen molar-refractivity contribution in [3.05, 3.63) is 0 Å². The molecule has 0 fully saturated rings. The van der Waals surface area contributed by atoms with Crippen molar-refractivity contribution in [3.8, 4) is 71.0 Å². The number of unbranched alkanes of at least 4 members (excludes halogenated alkanes) is 2. The Labute approximate surface area is 121 Å². The molecule has 0 aliphatic carbocycles. The standard InChI is InChI=1S/C18H14O2/c19-17-15-13-11-9-7-5-3-1-2-4-6-8-10-12-14-16-18-20/h19-20H,5-8,17-18H2. The molecule has 98 valence electrons. The van der Waals surface area contributed by atoms with Crippen LogP contribution in [0, 0.1) is 71.0 Å². The van der Waals surface area contributed by atoms with E-state index in [2.05, 4.69) is 71.0 Å². The summed E-state index contributed by atoms with van der Waals surface area (Å²) < 4.78 is 0. The third-order valence-corrected chi connectivity index (χ3v) is 1.63. The average Bonchev–Trinajstić information content (AvgIpc) is 2.47. The topological polar surface area (TPSA) is 40.5 Å². The number of rotatable bonds is 2. The quantitative estimate of drug-likeness (QED) is 0.564. The van der Waals surface area contributed by atoms with Gasteiger partial charge >= 0.3 is 0 Å². The monoisotopic (exact) mass is 262 g/mol. The lowest BCUT2D eigenvalue weighted by Gasteiger charge is -1.76. The molecule has 0 aliphatic heterocycles. The van der Waals surface area contributed by atoms with Gasteiger partial charge in [0.2, 0.25) is 0 Å². The van der Waals surface area contributed by atoms with E-state index in [1.807, 2.05) is 0 Å². The molecule has 0 saturated carbocycles. The Kier molecular flexibility index (Phi) is 14.1. The highest BCUT2D eigenvalue weighted by molar-refractivity contribution is 5.29. The zero-order valence-electron chi connectivity index (χ0n) is 11.1. The number of aliphatic hydroxyl groups is 2. The minimum Gasteiger partial charge on any atom is -0.384 e. The van der Waals surface area contributed by atoms with Crippen LogP contribution in [0.4, 0.5) is 0 Å². The molecule has 2 nitrogen and oxygen atoms in total. The minimum atomic E-state index is -0.164. The van der Waals surface area contributed by atoms with E-state index in [1.165, 1.54) is 0 Å². The third-order valence-electron chi connectivity index (χ3n) is 1.63. The van der Waals surface area contributed by atoms with E-state index in [0.29, 0.717) is 25.7 Å². The molecular formula is C18H14O2. The van der Waals surface area contributed by atoms with Crippen molar-refractivity contribution >= 4 is 0 Å². The second kappa shape index (κ2) is 16.3. The van der Waals surface area contributed by atoms with Gasteiger partial charge < -0.3 is 10.2 Å². The van der Waals surface area contributed by atoms with Gasteiger partial charge in [0, 0.05) is 25.7 Å². The summed E-state index contributed by atoms with van der Waals surface area (Å²) in [5, 5.41) is 16.8. The van der Waals surface area contributed by atoms with E-state index in [1.54, 1.807) is 0 Å². The van der Waals surface area contributed by atoms with Crippen molar-refractivity contribution < 1.29 is 10.2 Å². The van der Waals surface area contributed by atoms with Crippen LogP contribution in [-0.2, 0) is 0 Å². The molecule has 0 bridgehead atoms. The fourth-order valence-electron chi connectivity index (χ4n) is 0.844. The van der Waals surface area contributed by atoms with Crippen LogP contribution in [0.2, 0.25) is 0 Å². The van der Waals surface area contributed by atoms with E-state index in [4.69, 9.17) is 10.2 Å². The summed E-state index contributed by atoms with van der Waals surface area (Å²) in [5.41, 5.74) is 0. The van der Waals surface area contributed by atoms with Crippen molar-refractivity contribution in [1.82, 2.24) is 0 Å². The molecule has 0 atom stereocenters. The van der Waals surface area contributed by atoms with Gasteiger partial charge in [-0.25, -0.2) is 0 Å². The van der Waals surface area contributed by atoms with E-state index in [-0.39, 0.29) is 13.2 Å². The van der Waals surface area contributed by atoms with Gasteiger partial charge in [-0.1, -0.05) is 35.5 Å². The molecule has 0 spiro atoms. The van der Waals surface area contributed by atoms with E-state index >= 15 is 0 Å². The average molecular weight is 262 g/mol. The largest absolute Gasteiger partial charge is 0.384 e. The van der Waals surface area contributed by atoms with E-state index in [0.717, 1.165) is 0 Å². The summed E-state index contributed by atoms with van der Waals surface area (Å²) in [6.07, 6.45) is 2.59. The lowest BCUT2D eigenvalue weighted by Crippen LogP contribution is -1.70. The molecule has 0 aromatic rings. The Bertz CT molecular complexity index is 573. The lowest BCUT2D eigenvalue weighted by atomic mass is 10.3. The van der Waals surface area contributed by atoms with E-state index in [9.17, 15) is 0 Å². The maximum absolute atomic E-state index is 8.38. The zero-order valence-corrected chi connectivity index (χ0v) is 11.1. The zero-order chi connectivity index (χ0) is 14.7. The maximum Gasteiger partial charge on any atom is 0.105 e. The SMILES string of the molecule is OCC#CC#CCCC#CC#CCCC#CC#CCO. The molecule has 2 heteroatoms. The Morgan fingerprint density at radius 3 is 0.900 bits per heavy atom. The Hall–Kier alpha value is -2.72. The molecule has 2 N–H and O–H groups in total. The van der Waals surface area contributed by atoms with Crippen LogP contribution >= 0.6 is 0 Å². The van der Waals surface area contributed by atoms with Crippen LogP contribution in [0.5, 0.6) is 0 Å². The van der Waals surface area contributed by atoms with Crippen LogP contribution in [0.3, 0.4) is 0 Å². The summed E-state index contributed by atoms with van der Waals surface area (Å²) in [6.45, 7) is -0.328. The first kappa shape index (κ1) is 17.3. The molecule has 0 saturated heterocycles. The first-order valence-electron chi connectivity index (χ1n) is 6.00. The molecule has 0 amide bonds. The first-order valence-corrected chi connectivity index (χ1v) is 6.00. The van der Waals surface area contributed by atoms with E-state index < -0.39 is 0 Å². The van der Waals surface area contributed by atoms with Crippen LogP contribution in [0.15, 0.2) is 0 Å². The van der Waals surface area contributed by atoms with Crippen molar-refractivity contribution in [2.45, 2.75) is 25.7 Å². The number of aliphatic hydroxyl groups excluding tert-OH is 2. The summed E-state index contributed by atoms with van der Waals surface area (Å²) in [7, 11) is 0. The molecule has 20 heavy (non-hydrogen) atoms. The minimum absolute atomic E-state index is 0.164. The van der Waals surface area contributed by atoms with Gasteiger partial charge in [0.15, 0.2) is 0 Å². The van der Waals surface area contributed by atoms with Crippen molar-refractivity contribution in [3.63, 3.8) is 0 Å². The predicted molar refractivity (Wildman–Crippen MR) is 79.3 cm³/mol. The Balaban J connectivity index is 3.73. The molecule has 0 radical (unpaired) electrons. The van der Waals surface area contributed by atoms with Gasteiger partial charge in [-0.05, 0) is 35.5 Å². The second-order valence-corrected chi connectivity index (χ2v) is 3.13. The Morgan fingerprint density at radius 2 is 0.650 bits per heavy atom. The van der Waals surface area contributed by atoms with Crippen LogP contribution in [0.1, 0.15) is 25.7 Å². The van der Waals surface area contributed by atoms with Crippen molar-refractivity contribution in [1.29, 1.82) is 0 Å². The fourth-order valence-corrected chi connectivity index (χ4v) is 0.844. The molecule has 0 heterocycles. The fraction of sp³-hybridized carbons (Fsp3) is 0.333. The lowest BCUT2D eigenvalue weighted by molar-refractivity contribution is 0.350. The van der Waals surface area contributed by atoms with Gasteiger partial charge in [0.25, 0.3) is 0 Å². The third kappa shape index (κ3) is 15.3. The molecule has 0 unspecified atom stereocenters. The van der Waals surface area contributed by atoms with Crippen LogP contribution in [0.25, 0.3) is 0 Å². The second-order valence-electron chi connectivity index (χ2n) is 3.13. The normalized spacial score (nSPS) is 6.30. The molecule has 0 aromatic heterocycles. The van der Waals surface area contributed by atoms with Gasteiger partial charge in [-0.3, -0.25) is 0 Å². The summed E-state index contributed by atoms with van der Waals surface area (Å²) in [5.74, 6) is 32.0. The summed E-state index contributed by atoms with van der Waals surface area (Å²) >= 11 is 0. The molecule has 0 aromatic carbocycles. The van der Waals surface area contributed by atoms with Crippen molar-refractivity contribution in [2.75, 3.05) is 13.2 Å². The number of hydrogen-bond donors (Lipinski definition) is 2. The first-order chi connectivity index (χ1) is 9.91. The van der Waals surface area contributed by atoms with Gasteiger partial charge in [-0.15, -0.1) is 0 Å². The van der Waals surface area contributed by atoms with Gasteiger partial charge in [-0.2, -0.15) is 0 Å². The predicted octanol–water partition coefficient (Wildman–Crippen LogP) is 0.552. The maximum atomic E-state index is 8.38.